The predicted octanol–water partition coefficient (Wildman–Crippen LogP) is -0.861. The van der Waals surface area contributed by atoms with Gasteiger partial charge >= 0.3 is 33.1 Å². The van der Waals surface area contributed by atoms with Crippen LogP contribution in [0.25, 0.3) is 0 Å². The average Bonchev–Trinajstić information content (AvgIpc) is 1.70. The maximum Gasteiger partial charge on any atom is 0.503 e. The maximum atomic E-state index is 8.74. The molecule has 14 nitrogen and oxygen atoms in total. The number of carbonyl (C=O) groups is 2. The molecule has 0 aliphatic carbocycles. The molecule has 18 heavy (non-hydrogen) atoms. The molecule has 0 heterocycles. The fourth-order valence-electron chi connectivity index (χ4n) is 0. The molecular formula is C2H8O14S2. The number of hydrogen-bond donors (Lipinski definition) is 8. The van der Waals surface area contributed by atoms with Gasteiger partial charge in [-0.15, -0.1) is 0 Å². The minimum absolute atomic E-state index is 1.83. The van der Waals surface area contributed by atoms with Crippen molar-refractivity contribution in [1.29, 1.82) is 0 Å². The van der Waals surface area contributed by atoms with E-state index in [0.717, 1.165) is 0 Å². The van der Waals surface area contributed by atoms with Gasteiger partial charge in [-0.25, -0.2) is 9.59 Å². The summed E-state index contributed by atoms with van der Waals surface area (Å²) in [4.78, 5) is 17.1. The second kappa shape index (κ2) is 11.8. The van der Waals surface area contributed by atoms with Gasteiger partial charge in [-0.05, 0) is 0 Å². The van der Waals surface area contributed by atoms with Gasteiger partial charge in [0.05, 0.1) is 0 Å². The SMILES string of the molecule is O=C(O)O.O=C(O)O.O=S(=O)(O)O.O=S(=O)(O)O. The van der Waals surface area contributed by atoms with Gasteiger partial charge in [-0.2, -0.15) is 16.8 Å². The van der Waals surface area contributed by atoms with Crippen LogP contribution in [-0.2, 0) is 20.8 Å². The second-order valence-electron chi connectivity index (χ2n) is 1.46. The average molecular weight is 320 g/mol. The highest BCUT2D eigenvalue weighted by atomic mass is 32.3. The molecule has 8 N–H and O–H groups in total. The summed E-state index contributed by atoms with van der Waals surface area (Å²) in [6.45, 7) is 0. The lowest BCUT2D eigenvalue weighted by Gasteiger charge is -1.68. The Morgan fingerprint density at radius 2 is 0.556 bits per heavy atom. The van der Waals surface area contributed by atoms with Crippen molar-refractivity contribution in [1.82, 2.24) is 0 Å². The molecule has 0 aromatic carbocycles. The molecule has 0 bridgehead atoms. The molecule has 0 radical (unpaired) electrons. The molecule has 0 rings (SSSR count). The van der Waals surface area contributed by atoms with E-state index in [1.165, 1.54) is 0 Å². The molecule has 0 saturated carbocycles. The molecular weight excluding hydrogens is 312 g/mol. The second-order valence-corrected chi connectivity index (χ2v) is 3.25. The van der Waals surface area contributed by atoms with E-state index in [1.807, 2.05) is 0 Å². The first-order valence-electron chi connectivity index (χ1n) is 2.70. The van der Waals surface area contributed by atoms with Crippen molar-refractivity contribution in [2.45, 2.75) is 0 Å². The molecule has 0 spiro atoms. The van der Waals surface area contributed by atoms with Crippen LogP contribution in [0, 0.1) is 0 Å². The van der Waals surface area contributed by atoms with Crippen molar-refractivity contribution < 1.29 is 65.1 Å². The van der Waals surface area contributed by atoms with Crippen molar-refractivity contribution in [3.05, 3.63) is 0 Å². The summed E-state index contributed by atoms with van der Waals surface area (Å²) in [7, 11) is -9.33. The molecule has 0 aliphatic heterocycles. The fourth-order valence-corrected chi connectivity index (χ4v) is 0. The summed E-state index contributed by atoms with van der Waals surface area (Å²) >= 11 is 0. The van der Waals surface area contributed by atoms with Crippen LogP contribution in [0.3, 0.4) is 0 Å². The maximum absolute atomic E-state index is 8.74. The molecule has 0 aromatic rings. The van der Waals surface area contributed by atoms with Crippen molar-refractivity contribution >= 4 is 33.1 Å². The Kier molecular flexibility index (Phi) is 16.5. The Balaban J connectivity index is -0.0000000731. The van der Waals surface area contributed by atoms with Gasteiger partial charge in [0, 0.05) is 0 Å². The Morgan fingerprint density at radius 1 is 0.556 bits per heavy atom. The van der Waals surface area contributed by atoms with E-state index >= 15 is 0 Å². The van der Waals surface area contributed by atoms with Crippen molar-refractivity contribution in [3.8, 4) is 0 Å². The highest BCUT2D eigenvalue weighted by Crippen LogP contribution is 1.59. The number of hydrogen-bond acceptors (Lipinski definition) is 6. The van der Waals surface area contributed by atoms with Crippen LogP contribution in [-0.4, -0.2) is 67.8 Å². The van der Waals surface area contributed by atoms with Crippen LogP contribution in [0.1, 0.15) is 0 Å². The van der Waals surface area contributed by atoms with Crippen molar-refractivity contribution in [2.24, 2.45) is 0 Å². The molecule has 0 fully saturated rings. The lowest BCUT2D eigenvalue weighted by Crippen LogP contribution is -1.89. The minimum Gasteiger partial charge on any atom is -0.450 e. The zero-order valence-electron chi connectivity index (χ0n) is 7.84. The normalized spacial score (nSPS) is 9.11. The van der Waals surface area contributed by atoms with E-state index in [-0.39, 0.29) is 0 Å². The summed E-state index contributed by atoms with van der Waals surface area (Å²) in [5, 5.41) is 27.9. The van der Waals surface area contributed by atoms with Crippen molar-refractivity contribution in [3.63, 3.8) is 0 Å². The van der Waals surface area contributed by atoms with E-state index in [1.54, 1.807) is 0 Å². The van der Waals surface area contributed by atoms with Crippen LogP contribution in [0.5, 0.6) is 0 Å². The first-order chi connectivity index (χ1) is 7.46. The molecule has 0 aromatic heterocycles. The zero-order chi connectivity index (χ0) is 16.2. The van der Waals surface area contributed by atoms with Gasteiger partial charge in [0.25, 0.3) is 0 Å². The van der Waals surface area contributed by atoms with E-state index in [0.29, 0.717) is 0 Å². The van der Waals surface area contributed by atoms with Gasteiger partial charge < -0.3 is 20.4 Å². The highest BCUT2D eigenvalue weighted by molar-refractivity contribution is 7.80. The largest absolute Gasteiger partial charge is 0.503 e. The summed E-state index contributed by atoms with van der Waals surface area (Å²) in [6, 6.07) is 0. The standard InChI is InChI=1S/2CH2O3.2H2O4S/c2*2-1(3)4;2*1-5(2,3)4/h2*(H2,2,3,4);2*(H2,1,2,3,4). The summed E-state index contributed by atoms with van der Waals surface area (Å²) in [5.41, 5.74) is 0. The van der Waals surface area contributed by atoms with Crippen LogP contribution in [0.2, 0.25) is 0 Å². The van der Waals surface area contributed by atoms with Gasteiger partial charge in [-0.1, -0.05) is 0 Å². The first-order valence-corrected chi connectivity index (χ1v) is 5.49. The smallest absolute Gasteiger partial charge is 0.450 e. The van der Waals surface area contributed by atoms with E-state index in [4.69, 9.17) is 65.1 Å². The Bertz CT molecular complexity index is 345. The molecule has 16 heteroatoms. The number of carboxylic acid groups (broad SMARTS) is 4. The van der Waals surface area contributed by atoms with E-state index in [2.05, 4.69) is 0 Å². The molecule has 0 saturated heterocycles. The number of rotatable bonds is 0. The topological polar surface area (TPSA) is 264 Å². The Morgan fingerprint density at radius 3 is 0.556 bits per heavy atom. The molecule has 0 unspecified atom stereocenters. The quantitative estimate of drug-likeness (QED) is 0.252. The van der Waals surface area contributed by atoms with Crippen LogP contribution in [0.15, 0.2) is 0 Å². The van der Waals surface area contributed by atoms with E-state index in [9.17, 15) is 0 Å². The summed E-state index contributed by atoms with van der Waals surface area (Å²) < 4.78 is 63.2. The molecule has 0 aliphatic rings. The van der Waals surface area contributed by atoms with Crippen LogP contribution < -0.4 is 0 Å². The zero-order valence-corrected chi connectivity index (χ0v) is 9.48. The predicted molar refractivity (Wildman–Crippen MR) is 49.7 cm³/mol. The first kappa shape index (κ1) is 25.2. The van der Waals surface area contributed by atoms with Gasteiger partial charge in [0.2, 0.25) is 0 Å². The summed E-state index contributed by atoms with van der Waals surface area (Å²) in [5.74, 6) is 0. The minimum atomic E-state index is -4.67. The van der Waals surface area contributed by atoms with Crippen LogP contribution in [0.4, 0.5) is 9.59 Å². The Labute approximate surface area is 98.9 Å². The van der Waals surface area contributed by atoms with Gasteiger partial charge in [-0.3, -0.25) is 18.2 Å². The van der Waals surface area contributed by atoms with E-state index < -0.39 is 33.1 Å². The third-order valence-electron chi connectivity index (χ3n) is 0. The fraction of sp³-hybridized carbons (Fsp3) is 0. The third kappa shape index (κ3) is 851. The lowest BCUT2D eigenvalue weighted by atomic mass is 11.5. The Hall–Kier alpha value is -1.72. The highest BCUT2D eigenvalue weighted by Gasteiger charge is 1.85. The van der Waals surface area contributed by atoms with Crippen molar-refractivity contribution in [2.75, 3.05) is 0 Å². The van der Waals surface area contributed by atoms with Crippen LogP contribution >= 0.6 is 0 Å². The van der Waals surface area contributed by atoms with Gasteiger partial charge in [0.1, 0.15) is 0 Å². The molecule has 0 atom stereocenters. The third-order valence-corrected chi connectivity index (χ3v) is 0. The molecule has 0 amide bonds. The lowest BCUT2D eigenvalue weighted by molar-refractivity contribution is 0.135. The van der Waals surface area contributed by atoms with Gasteiger partial charge in [0.15, 0.2) is 0 Å². The summed E-state index contributed by atoms with van der Waals surface area (Å²) in [6.07, 6.45) is -3.67. The molecule has 112 valence electrons. The monoisotopic (exact) mass is 320 g/mol.